The maximum atomic E-state index is 14.2. The molecule has 0 radical (unpaired) electrons. The highest BCUT2D eigenvalue weighted by atomic mass is 31.2. The number of carbonyl (C=O) groups excluding carboxylic acids is 8. The number of carbonyl (C=O) groups is 8. The lowest BCUT2D eigenvalue weighted by Gasteiger charge is -2.25. The predicted octanol–water partition coefficient (Wildman–Crippen LogP) is 3.03. The first-order valence-electron chi connectivity index (χ1n) is 34.5. The van der Waals surface area contributed by atoms with Crippen molar-refractivity contribution in [3.8, 4) is 17.2 Å². The third-order valence-corrected chi connectivity index (χ3v) is 31.7. The summed E-state index contributed by atoms with van der Waals surface area (Å²) in [6, 6.07) is 19.0. The van der Waals surface area contributed by atoms with Crippen molar-refractivity contribution in [1.82, 2.24) is 63.0 Å². The van der Waals surface area contributed by atoms with Gasteiger partial charge in [0.2, 0.25) is 0 Å². The van der Waals surface area contributed by atoms with Gasteiger partial charge in [0, 0.05) is 28.3 Å². The highest BCUT2D eigenvalue weighted by Crippen LogP contribution is 2.64. The third-order valence-electron chi connectivity index (χ3n) is 16.5. The van der Waals surface area contributed by atoms with Gasteiger partial charge in [-0.05, 0) is 84.3 Å². The molecule has 55 heteroatoms. The van der Waals surface area contributed by atoms with Crippen molar-refractivity contribution in [1.29, 1.82) is 0 Å². The van der Waals surface area contributed by atoms with E-state index in [4.69, 9.17) is 86.6 Å². The van der Waals surface area contributed by atoms with E-state index in [-0.39, 0.29) is 51.5 Å². The van der Waals surface area contributed by atoms with Gasteiger partial charge in [-0.15, -0.1) is 0 Å². The fourth-order valence-corrected chi connectivity index (χ4v) is 19.3. The Morgan fingerprint density at radius 1 is 0.261 bits per heavy atom. The summed E-state index contributed by atoms with van der Waals surface area (Å²) in [4.78, 5) is 204. The van der Waals surface area contributed by atoms with Crippen LogP contribution in [-0.2, 0) is 111 Å². The maximum absolute atomic E-state index is 14.2. The van der Waals surface area contributed by atoms with E-state index in [2.05, 4.69) is 43.4 Å². The second-order valence-corrected chi connectivity index (χ2v) is 43.1. The number of aryl methyl sites for hydroxylation is 1. The first-order chi connectivity index (χ1) is 56.1. The topological polar surface area (TPSA) is 583 Å². The molecule has 0 aliphatic rings. The molecule has 0 spiro atoms. The zero-order chi connectivity index (χ0) is 89.2. The summed E-state index contributed by atoms with van der Waals surface area (Å²) in [5, 5.41) is 0. The van der Waals surface area contributed by atoms with Crippen LogP contribution in [0.15, 0.2) is 78.9 Å². The number of hydrogen-bond acceptors (Lipinski definition) is 39. The SMILES string of the molecule is CO[P+](O)(CN(CC(=O)NNC(=O)c1cc(COc2cc(COc3ccc(C)cc3)cc(OCc3cc(C(=O)NNC(=O)CN(C[P+](O)(OC)OC)C[P+](O)(OC)OC)cc(C(=O)NNC(=O)CN(C[P+](O)(OC)OC)C[P+](O)(OC)OC)c3)c2)cc(C(=O)NNC(=O)CN(C[P+](O)(OC)OC)C[P+](O)(OC)OC)c1)C[P+](O)(OC)OC)OC. The maximum Gasteiger partial charge on any atom is 0.423 e. The molecule has 0 aliphatic heterocycles. The van der Waals surface area contributed by atoms with E-state index in [1.54, 1.807) is 24.3 Å². The minimum Gasteiger partial charge on any atom is -0.489 e. The molecular weight excluding hydrogens is 1740 g/mol. The number of benzene rings is 4. The molecule has 4 aromatic carbocycles. The number of amides is 8. The first-order valence-corrected chi connectivity index (χ1v) is 48.6. The lowest BCUT2D eigenvalue weighted by Crippen LogP contribution is -2.47. The molecule has 0 atom stereocenters. The summed E-state index contributed by atoms with van der Waals surface area (Å²) < 4.78 is 102. The van der Waals surface area contributed by atoms with Crippen molar-refractivity contribution in [3.63, 3.8) is 0 Å². The Labute approximate surface area is 692 Å². The van der Waals surface area contributed by atoms with Crippen LogP contribution >= 0.6 is 63.5 Å². The van der Waals surface area contributed by atoms with Crippen LogP contribution in [0, 0.1) is 6.92 Å². The van der Waals surface area contributed by atoms with Crippen molar-refractivity contribution in [2.75, 3.05) is 190 Å². The van der Waals surface area contributed by atoms with Crippen LogP contribution in [0.5, 0.6) is 17.2 Å². The molecule has 0 saturated carbocycles. The van der Waals surface area contributed by atoms with E-state index in [9.17, 15) is 77.5 Å². The molecule has 0 heterocycles. The second kappa shape index (κ2) is 50.3. The molecule has 0 bridgehead atoms. The number of hydrogen-bond donors (Lipinski definition) is 16. The number of hydrazine groups is 4. The van der Waals surface area contributed by atoms with Crippen LogP contribution in [0.1, 0.15) is 63.7 Å². The van der Waals surface area contributed by atoms with Crippen LogP contribution in [0.4, 0.5) is 0 Å². The first kappa shape index (κ1) is 106. The van der Waals surface area contributed by atoms with Gasteiger partial charge < -0.3 is 14.2 Å². The van der Waals surface area contributed by atoms with Crippen LogP contribution in [0.2, 0.25) is 0 Å². The summed E-state index contributed by atoms with van der Waals surface area (Å²) in [5.41, 5.74) is 18.3. The molecule has 119 heavy (non-hydrogen) atoms. The molecule has 8 amide bonds. The highest BCUT2D eigenvalue weighted by Gasteiger charge is 2.52. The van der Waals surface area contributed by atoms with Gasteiger partial charge in [0.1, 0.15) is 37.1 Å². The lowest BCUT2D eigenvalue weighted by molar-refractivity contribution is -0.123. The summed E-state index contributed by atoms with van der Waals surface area (Å²) in [7, 11) is -10.8. The van der Waals surface area contributed by atoms with E-state index in [1.165, 1.54) is 49.9 Å². The number of ether oxygens (including phenoxy) is 3. The molecular formula is C64H110N12O35P8+8. The molecule has 47 nitrogen and oxygen atoms in total. The summed E-state index contributed by atoms with van der Waals surface area (Å²) >= 11 is 0. The molecule has 0 saturated heterocycles. The second-order valence-electron chi connectivity index (χ2n) is 24.8. The fraction of sp³-hybridized carbons (Fsp3) is 0.500. The predicted molar refractivity (Wildman–Crippen MR) is 437 cm³/mol. The average molecular weight is 1860 g/mol. The molecule has 0 unspecified atom stereocenters. The standard InChI is InChI=1S/C64H102N12O35P8/c1-46-18-20-54(21-19-46)109-37-49-26-55(110-35-47-22-50(61(81)69-65-57(77)31-73(38-112(85,93-2)94-3)39-113(86,95-4)96-5)28-51(23-47)62(82)70-66-58(78)32-74(40-114(87,97-6)98-7)41-115(88,99-8)100-9)30-56(27-49)111-36-48-24-52(63(83)71-67-59(79)33-75(42-116(89,101-10)102-11)43-117(90,103-12)104-13)29-53(25-48)64(84)72-68-60(80)34-76(44-118(91,105-14)106-15)45-119(92,107-16)108-17/h18-30,85-92H,31-45H2,1-17H3/p+8. The molecule has 4 aromatic rings. The summed E-state index contributed by atoms with van der Waals surface area (Å²) in [5.74, 6) is -7.27. The van der Waals surface area contributed by atoms with Crippen molar-refractivity contribution in [3.05, 3.63) is 123 Å². The Morgan fingerprint density at radius 3 is 0.639 bits per heavy atom. The largest absolute Gasteiger partial charge is 0.489 e. The van der Waals surface area contributed by atoms with Crippen molar-refractivity contribution >= 4 is 111 Å². The Hall–Kier alpha value is -5.64. The van der Waals surface area contributed by atoms with E-state index >= 15 is 0 Å². The fourth-order valence-electron chi connectivity index (χ4n) is 9.98. The van der Waals surface area contributed by atoms with Crippen LogP contribution in [0.25, 0.3) is 0 Å². The van der Waals surface area contributed by atoms with Crippen LogP contribution in [0.3, 0.4) is 0 Å². The van der Waals surface area contributed by atoms with Crippen molar-refractivity contribution in [2.45, 2.75) is 26.7 Å². The number of nitrogens with one attached hydrogen (secondary N) is 8. The normalized spacial score (nSPS) is 12.5. The quantitative estimate of drug-likeness (QED) is 0.0223. The van der Waals surface area contributed by atoms with Crippen LogP contribution < -0.4 is 57.6 Å². The summed E-state index contributed by atoms with van der Waals surface area (Å²) in [6.45, 7) is -1.77. The molecule has 4 rings (SSSR count). The van der Waals surface area contributed by atoms with E-state index < -0.39 is 200 Å². The third kappa shape index (κ3) is 35.9. The van der Waals surface area contributed by atoms with Gasteiger partial charge in [-0.25, -0.2) is 19.6 Å². The minimum absolute atomic E-state index is 0.0513. The van der Waals surface area contributed by atoms with Crippen molar-refractivity contribution in [2.24, 2.45) is 0 Å². The molecule has 668 valence electrons. The Balaban J connectivity index is 1.83. The van der Waals surface area contributed by atoms with Crippen molar-refractivity contribution < 1.29 is 164 Å². The Bertz CT molecular complexity index is 3450. The van der Waals surface area contributed by atoms with Gasteiger partial charge in [0.05, 0.1) is 140 Å². The smallest absolute Gasteiger partial charge is 0.423 e. The number of nitrogens with zero attached hydrogens (tertiary/aromatic N) is 4. The summed E-state index contributed by atoms with van der Waals surface area (Å²) in [6.07, 6.45) is -3.70. The van der Waals surface area contributed by atoms with Crippen LogP contribution in [-0.4, -0.2) is 296 Å². The molecule has 16 N–H and O–H groups in total. The van der Waals surface area contributed by atoms with Gasteiger partial charge in [0.25, 0.3) is 47.3 Å². The number of rotatable bonds is 53. The van der Waals surface area contributed by atoms with Gasteiger partial charge in [-0.3, -0.25) is 81.8 Å². The monoisotopic (exact) mass is 1850 g/mol. The lowest BCUT2D eigenvalue weighted by atomic mass is 10.0. The molecule has 0 aromatic heterocycles. The van der Waals surface area contributed by atoms with E-state index in [0.29, 0.717) is 11.3 Å². The molecule has 0 fully saturated rings. The van der Waals surface area contributed by atoms with E-state index in [0.717, 1.165) is 131 Å². The average Bonchev–Trinajstić information content (AvgIpc) is 0.824. The zero-order valence-corrected chi connectivity index (χ0v) is 75.7. The Morgan fingerprint density at radius 2 is 0.445 bits per heavy atom. The van der Waals surface area contributed by atoms with Gasteiger partial charge in [0.15, 0.2) is 50.3 Å². The Kier molecular flexibility index (Phi) is 44.7. The minimum atomic E-state index is -3.67. The van der Waals surface area contributed by atoms with E-state index in [1.807, 2.05) is 19.1 Å². The zero-order valence-electron chi connectivity index (χ0n) is 68.6. The molecule has 0 aliphatic carbocycles. The van der Waals surface area contributed by atoms with Gasteiger partial charge in [-0.1, -0.05) is 17.7 Å². The highest BCUT2D eigenvalue weighted by molar-refractivity contribution is 7.63. The van der Waals surface area contributed by atoms with Gasteiger partial charge in [-0.2, -0.15) is 112 Å². The van der Waals surface area contributed by atoms with Gasteiger partial charge >= 0.3 is 63.5 Å².